The third-order valence-electron chi connectivity index (χ3n) is 4.10. The number of phenolic OH excluding ortho intramolecular Hbond substituents is 1. The minimum Gasteiger partial charge on any atom is -0.506 e. The molecule has 0 heterocycles. The van der Waals surface area contributed by atoms with Crippen molar-refractivity contribution in [1.29, 1.82) is 0 Å². The molecular weight excluding hydrogens is 380 g/mol. The molecule has 0 bridgehead atoms. The third kappa shape index (κ3) is 5.71. The second kappa shape index (κ2) is 9.07. The molecule has 0 saturated carbocycles. The molecule has 1 unspecified atom stereocenters. The summed E-state index contributed by atoms with van der Waals surface area (Å²) in [5.74, 6) is -0.00852. The van der Waals surface area contributed by atoms with Crippen molar-refractivity contribution in [3.8, 4) is 11.5 Å². The molecule has 1 amide bonds. The van der Waals surface area contributed by atoms with Gasteiger partial charge < -0.3 is 15.2 Å². The number of nitrogens with one attached hydrogen (secondary N) is 2. The number of hydrogen-bond acceptors (Lipinski definition) is 5. The van der Waals surface area contributed by atoms with Gasteiger partial charge in [-0.25, -0.2) is 8.42 Å². The van der Waals surface area contributed by atoms with E-state index in [1.54, 1.807) is 12.1 Å². The molecule has 0 aromatic heterocycles. The summed E-state index contributed by atoms with van der Waals surface area (Å²) >= 11 is 0. The second-order valence-corrected chi connectivity index (χ2v) is 8.70. The van der Waals surface area contributed by atoms with Gasteiger partial charge in [-0.3, -0.25) is 4.79 Å². The zero-order chi connectivity index (χ0) is 20.9. The van der Waals surface area contributed by atoms with Crippen LogP contribution in [0.15, 0.2) is 47.4 Å². The SMILES string of the molecule is COc1ccc(S(=O)(=O)NC(CC(C)C)C(=O)Nc2ccc(C)cc2O)cc1. The molecule has 2 rings (SSSR count). The Balaban J connectivity index is 2.22. The lowest BCUT2D eigenvalue weighted by Gasteiger charge is -2.20. The number of aryl methyl sites for hydroxylation is 1. The maximum atomic E-state index is 12.7. The predicted molar refractivity (Wildman–Crippen MR) is 108 cm³/mol. The van der Waals surface area contributed by atoms with Gasteiger partial charge >= 0.3 is 0 Å². The maximum absolute atomic E-state index is 12.7. The van der Waals surface area contributed by atoms with Crippen LogP contribution < -0.4 is 14.8 Å². The maximum Gasteiger partial charge on any atom is 0.242 e. The first kappa shape index (κ1) is 21.7. The Morgan fingerprint density at radius 3 is 2.32 bits per heavy atom. The van der Waals surface area contributed by atoms with E-state index in [2.05, 4.69) is 10.0 Å². The zero-order valence-corrected chi connectivity index (χ0v) is 17.2. The first-order valence-corrected chi connectivity index (χ1v) is 10.4. The fourth-order valence-corrected chi connectivity index (χ4v) is 3.87. The highest BCUT2D eigenvalue weighted by Gasteiger charge is 2.27. The van der Waals surface area contributed by atoms with E-state index in [9.17, 15) is 18.3 Å². The molecule has 2 aromatic rings. The molecule has 0 aliphatic heterocycles. The first-order valence-electron chi connectivity index (χ1n) is 8.89. The van der Waals surface area contributed by atoms with E-state index in [-0.39, 0.29) is 22.3 Å². The number of carbonyl (C=O) groups excluding carboxylic acids is 1. The largest absolute Gasteiger partial charge is 0.506 e. The van der Waals surface area contributed by atoms with Gasteiger partial charge in [0, 0.05) is 0 Å². The number of sulfonamides is 1. The van der Waals surface area contributed by atoms with Crippen molar-refractivity contribution >= 4 is 21.6 Å². The van der Waals surface area contributed by atoms with E-state index in [4.69, 9.17) is 4.74 Å². The summed E-state index contributed by atoms with van der Waals surface area (Å²) in [5, 5.41) is 12.6. The predicted octanol–water partition coefficient (Wildman–Crippen LogP) is 3.04. The minimum atomic E-state index is -3.91. The molecule has 0 saturated heterocycles. The fraction of sp³-hybridized carbons (Fsp3) is 0.350. The number of methoxy groups -OCH3 is 1. The molecule has 8 heteroatoms. The van der Waals surface area contributed by atoms with Crippen molar-refractivity contribution in [3.05, 3.63) is 48.0 Å². The molecule has 3 N–H and O–H groups in total. The van der Waals surface area contributed by atoms with Crippen LogP contribution in [0.1, 0.15) is 25.8 Å². The van der Waals surface area contributed by atoms with Crippen molar-refractivity contribution < 1.29 is 23.1 Å². The van der Waals surface area contributed by atoms with Crippen LogP contribution >= 0.6 is 0 Å². The summed E-state index contributed by atoms with van der Waals surface area (Å²) < 4.78 is 32.9. The Labute approximate surface area is 165 Å². The third-order valence-corrected chi connectivity index (χ3v) is 5.59. The number of carbonyl (C=O) groups is 1. The molecule has 0 spiro atoms. The van der Waals surface area contributed by atoms with Gasteiger partial charge in [0.15, 0.2) is 0 Å². The lowest BCUT2D eigenvalue weighted by atomic mass is 10.0. The van der Waals surface area contributed by atoms with Crippen molar-refractivity contribution in [2.24, 2.45) is 5.92 Å². The molecule has 0 radical (unpaired) electrons. The van der Waals surface area contributed by atoms with Crippen LogP contribution in [0.5, 0.6) is 11.5 Å². The smallest absolute Gasteiger partial charge is 0.242 e. The quantitative estimate of drug-likeness (QED) is 0.585. The van der Waals surface area contributed by atoms with E-state index in [1.165, 1.54) is 37.4 Å². The van der Waals surface area contributed by atoms with E-state index < -0.39 is 22.0 Å². The lowest BCUT2D eigenvalue weighted by molar-refractivity contribution is -0.118. The summed E-state index contributed by atoms with van der Waals surface area (Å²) in [7, 11) is -2.42. The molecule has 0 fully saturated rings. The molecule has 1 atom stereocenters. The van der Waals surface area contributed by atoms with Crippen molar-refractivity contribution in [2.45, 2.75) is 38.1 Å². The van der Waals surface area contributed by atoms with E-state index in [0.717, 1.165) is 5.56 Å². The Hall–Kier alpha value is -2.58. The highest BCUT2D eigenvalue weighted by Crippen LogP contribution is 2.24. The molecule has 0 aliphatic carbocycles. The molecular formula is C20H26N2O5S. The van der Waals surface area contributed by atoms with Crippen LogP contribution in [-0.2, 0) is 14.8 Å². The van der Waals surface area contributed by atoms with Crippen LogP contribution in [-0.4, -0.2) is 32.6 Å². The monoisotopic (exact) mass is 406 g/mol. The second-order valence-electron chi connectivity index (χ2n) is 6.99. The van der Waals surface area contributed by atoms with Gasteiger partial charge in [0.05, 0.1) is 17.7 Å². The highest BCUT2D eigenvalue weighted by molar-refractivity contribution is 7.89. The van der Waals surface area contributed by atoms with Crippen LogP contribution in [0.2, 0.25) is 0 Å². The molecule has 0 aliphatic rings. The zero-order valence-electron chi connectivity index (χ0n) is 16.4. The van der Waals surface area contributed by atoms with E-state index in [0.29, 0.717) is 12.2 Å². The number of amides is 1. The van der Waals surface area contributed by atoms with Gasteiger partial charge in [0.1, 0.15) is 17.5 Å². The van der Waals surface area contributed by atoms with E-state index >= 15 is 0 Å². The van der Waals surface area contributed by atoms with Crippen LogP contribution in [0.4, 0.5) is 5.69 Å². The van der Waals surface area contributed by atoms with Gasteiger partial charge in [-0.05, 0) is 61.2 Å². The summed E-state index contributed by atoms with van der Waals surface area (Å²) in [5.41, 5.74) is 1.07. The van der Waals surface area contributed by atoms with Gasteiger partial charge in [-0.1, -0.05) is 19.9 Å². The van der Waals surface area contributed by atoms with Gasteiger partial charge in [0.2, 0.25) is 15.9 Å². The average Bonchev–Trinajstić information content (AvgIpc) is 2.63. The number of rotatable bonds is 8. The van der Waals surface area contributed by atoms with Gasteiger partial charge in [-0.15, -0.1) is 0 Å². The van der Waals surface area contributed by atoms with Crippen molar-refractivity contribution in [3.63, 3.8) is 0 Å². The summed E-state index contributed by atoms with van der Waals surface area (Å²) in [6.07, 6.45) is 0.299. The fourth-order valence-electron chi connectivity index (χ4n) is 2.66. The average molecular weight is 407 g/mol. The van der Waals surface area contributed by atoms with Crippen LogP contribution in [0, 0.1) is 12.8 Å². The van der Waals surface area contributed by atoms with E-state index in [1.807, 2.05) is 20.8 Å². The Kier molecular flexibility index (Phi) is 7.04. The minimum absolute atomic E-state index is 0.0352. The normalized spacial score (nSPS) is 12.6. The Morgan fingerprint density at radius 2 is 1.79 bits per heavy atom. The Bertz CT molecular complexity index is 924. The summed E-state index contributed by atoms with van der Waals surface area (Å²) in [6, 6.07) is 9.75. The van der Waals surface area contributed by atoms with Crippen LogP contribution in [0.3, 0.4) is 0 Å². The topological polar surface area (TPSA) is 105 Å². The van der Waals surface area contributed by atoms with Gasteiger partial charge in [0.25, 0.3) is 0 Å². The van der Waals surface area contributed by atoms with Crippen LogP contribution in [0.25, 0.3) is 0 Å². The Morgan fingerprint density at radius 1 is 1.14 bits per heavy atom. The highest BCUT2D eigenvalue weighted by atomic mass is 32.2. The number of benzene rings is 2. The number of ether oxygens (including phenoxy) is 1. The summed E-state index contributed by atoms with van der Waals surface area (Å²) in [6.45, 7) is 5.60. The van der Waals surface area contributed by atoms with Crippen molar-refractivity contribution in [1.82, 2.24) is 4.72 Å². The number of phenols is 1. The van der Waals surface area contributed by atoms with Gasteiger partial charge in [-0.2, -0.15) is 4.72 Å². The lowest BCUT2D eigenvalue weighted by Crippen LogP contribution is -2.44. The number of anilines is 1. The molecule has 2 aromatic carbocycles. The van der Waals surface area contributed by atoms with Crippen molar-refractivity contribution in [2.75, 3.05) is 12.4 Å². The molecule has 152 valence electrons. The number of aromatic hydroxyl groups is 1. The number of hydrogen-bond donors (Lipinski definition) is 3. The molecule has 28 heavy (non-hydrogen) atoms. The standard InChI is InChI=1S/C20H26N2O5S/c1-13(2)11-18(20(24)21-17-10-5-14(3)12-19(17)23)22-28(25,26)16-8-6-15(27-4)7-9-16/h5-10,12-13,18,22-23H,11H2,1-4H3,(H,21,24). The first-order chi connectivity index (χ1) is 13.1. The summed E-state index contributed by atoms with van der Waals surface area (Å²) in [4.78, 5) is 12.8. The molecule has 7 nitrogen and oxygen atoms in total.